The Balaban J connectivity index is 1.78. The number of hydrogen-bond acceptors (Lipinski definition) is 4. The average Bonchev–Trinajstić information content (AvgIpc) is 2.70. The Morgan fingerprint density at radius 1 is 0.926 bits per heavy atom. The van der Waals surface area contributed by atoms with Gasteiger partial charge in [0.05, 0.1) is 22.8 Å². The van der Waals surface area contributed by atoms with Crippen LogP contribution < -0.4 is 11.0 Å². The molecule has 0 atom stereocenters. The first-order valence-corrected chi connectivity index (χ1v) is 8.72. The van der Waals surface area contributed by atoms with Crippen LogP contribution in [0.5, 0.6) is 0 Å². The first-order chi connectivity index (χ1) is 13.2. The minimum absolute atomic E-state index is 0.156. The summed E-state index contributed by atoms with van der Waals surface area (Å²) in [5.41, 5.74) is 4.94. The number of hydrogen-bond donors (Lipinski definition) is 1. The number of hydrazone groups is 1. The number of benzene rings is 3. The summed E-state index contributed by atoms with van der Waals surface area (Å²) >= 11 is 5.89. The number of para-hydroxylation sites is 2. The van der Waals surface area contributed by atoms with Gasteiger partial charge in [-0.2, -0.15) is 5.10 Å². The van der Waals surface area contributed by atoms with Crippen molar-refractivity contribution in [3.05, 3.63) is 99.8 Å². The summed E-state index contributed by atoms with van der Waals surface area (Å²) in [6.45, 7) is 0. The normalized spacial score (nSPS) is 11.1. The predicted octanol–water partition coefficient (Wildman–Crippen LogP) is 4.49. The molecule has 27 heavy (non-hydrogen) atoms. The van der Waals surface area contributed by atoms with Gasteiger partial charge in [-0.1, -0.05) is 54.1 Å². The zero-order valence-corrected chi connectivity index (χ0v) is 15.0. The van der Waals surface area contributed by atoms with E-state index in [1.54, 1.807) is 30.5 Å². The molecule has 1 aromatic heterocycles. The molecule has 0 saturated heterocycles. The lowest BCUT2D eigenvalue weighted by Crippen LogP contribution is -2.22. The predicted molar refractivity (Wildman–Crippen MR) is 110 cm³/mol. The second-order valence-electron chi connectivity index (χ2n) is 5.85. The highest BCUT2D eigenvalue weighted by Gasteiger charge is 2.11. The van der Waals surface area contributed by atoms with Crippen LogP contribution in [0, 0.1) is 0 Å². The van der Waals surface area contributed by atoms with E-state index in [1.807, 2.05) is 54.6 Å². The Hall–Kier alpha value is -3.44. The maximum Gasteiger partial charge on any atom is 0.267 e. The van der Waals surface area contributed by atoms with Gasteiger partial charge in [0, 0.05) is 5.02 Å². The third-order valence-corrected chi connectivity index (χ3v) is 4.29. The zero-order valence-electron chi connectivity index (χ0n) is 14.2. The number of anilines is 1. The number of nitrogens with zero attached hydrogens (tertiary/aromatic N) is 3. The topological polar surface area (TPSA) is 59.3 Å². The lowest BCUT2D eigenvalue weighted by molar-refractivity contribution is 0.956. The van der Waals surface area contributed by atoms with Crippen molar-refractivity contribution in [2.45, 2.75) is 0 Å². The van der Waals surface area contributed by atoms with Gasteiger partial charge in [-0.05, 0) is 42.0 Å². The molecule has 0 bridgehead atoms. The Morgan fingerprint density at radius 3 is 2.41 bits per heavy atom. The van der Waals surface area contributed by atoms with Crippen molar-refractivity contribution in [3.8, 4) is 5.69 Å². The molecular formula is C21H15ClN4O. The fraction of sp³-hybridized carbons (Fsp3) is 0. The van der Waals surface area contributed by atoms with Gasteiger partial charge in [0.15, 0.2) is 0 Å². The van der Waals surface area contributed by atoms with E-state index in [0.717, 1.165) is 5.56 Å². The largest absolute Gasteiger partial charge is 0.268 e. The van der Waals surface area contributed by atoms with Crippen molar-refractivity contribution in [1.29, 1.82) is 0 Å². The van der Waals surface area contributed by atoms with Crippen molar-refractivity contribution in [2.75, 3.05) is 5.43 Å². The molecule has 0 amide bonds. The van der Waals surface area contributed by atoms with Crippen LogP contribution in [0.3, 0.4) is 0 Å². The van der Waals surface area contributed by atoms with Crippen LogP contribution in [-0.4, -0.2) is 15.8 Å². The third-order valence-electron chi connectivity index (χ3n) is 4.04. The van der Waals surface area contributed by atoms with Crippen LogP contribution >= 0.6 is 11.6 Å². The van der Waals surface area contributed by atoms with E-state index in [-0.39, 0.29) is 5.56 Å². The molecule has 6 heteroatoms. The van der Waals surface area contributed by atoms with Crippen molar-refractivity contribution >= 4 is 34.7 Å². The summed E-state index contributed by atoms with van der Waals surface area (Å²) in [5, 5.41) is 5.45. The summed E-state index contributed by atoms with van der Waals surface area (Å²) in [5.74, 6) is 0.343. The van der Waals surface area contributed by atoms with E-state index in [1.165, 1.54) is 4.57 Å². The quantitative estimate of drug-likeness (QED) is 0.423. The van der Waals surface area contributed by atoms with Crippen LogP contribution in [0.1, 0.15) is 5.56 Å². The molecule has 4 aromatic rings. The summed E-state index contributed by atoms with van der Waals surface area (Å²) in [6.07, 6.45) is 1.65. The second-order valence-corrected chi connectivity index (χ2v) is 6.29. The van der Waals surface area contributed by atoms with Crippen LogP contribution in [0.15, 0.2) is 88.8 Å². The molecular weight excluding hydrogens is 360 g/mol. The Kier molecular flexibility index (Phi) is 4.68. The van der Waals surface area contributed by atoms with Gasteiger partial charge >= 0.3 is 0 Å². The smallest absolute Gasteiger partial charge is 0.267 e. The number of rotatable bonds is 4. The molecule has 0 fully saturated rings. The SMILES string of the molecule is O=c1c2ccccc2nc(N/N=C/c2ccc(Cl)cc2)n1-c1ccccc1. The molecule has 0 radical (unpaired) electrons. The third kappa shape index (κ3) is 3.59. The molecule has 0 aliphatic carbocycles. The fourth-order valence-corrected chi connectivity index (χ4v) is 2.86. The van der Waals surface area contributed by atoms with Gasteiger partial charge < -0.3 is 0 Å². The summed E-state index contributed by atoms with van der Waals surface area (Å²) in [6, 6.07) is 23.9. The van der Waals surface area contributed by atoms with Crippen LogP contribution in [0.2, 0.25) is 5.02 Å². The molecule has 0 aliphatic heterocycles. The molecule has 0 unspecified atom stereocenters. The van der Waals surface area contributed by atoms with Crippen molar-refractivity contribution < 1.29 is 0 Å². The Labute approximate surface area is 160 Å². The number of nitrogens with one attached hydrogen (secondary N) is 1. The number of aromatic nitrogens is 2. The molecule has 5 nitrogen and oxygen atoms in total. The zero-order chi connectivity index (χ0) is 18.6. The molecule has 4 rings (SSSR count). The maximum atomic E-state index is 13.0. The monoisotopic (exact) mass is 374 g/mol. The van der Waals surface area contributed by atoms with Crippen LogP contribution in [-0.2, 0) is 0 Å². The number of halogens is 1. The van der Waals surface area contributed by atoms with Crippen molar-refractivity contribution in [3.63, 3.8) is 0 Å². The van der Waals surface area contributed by atoms with Gasteiger partial charge in [0.25, 0.3) is 5.56 Å². The highest BCUT2D eigenvalue weighted by molar-refractivity contribution is 6.30. The van der Waals surface area contributed by atoms with Crippen molar-refractivity contribution in [2.24, 2.45) is 5.10 Å². The number of fused-ring (bicyclic) bond motifs is 1. The molecule has 0 aliphatic rings. The molecule has 1 heterocycles. The Bertz CT molecular complexity index is 1170. The summed E-state index contributed by atoms with van der Waals surface area (Å²) < 4.78 is 1.52. The molecule has 0 saturated carbocycles. The van der Waals surface area contributed by atoms with E-state index < -0.39 is 0 Å². The van der Waals surface area contributed by atoms with E-state index in [0.29, 0.717) is 27.6 Å². The van der Waals surface area contributed by atoms with E-state index >= 15 is 0 Å². The lowest BCUT2D eigenvalue weighted by Gasteiger charge is -2.12. The molecule has 0 spiro atoms. The summed E-state index contributed by atoms with van der Waals surface area (Å²) in [7, 11) is 0. The van der Waals surface area contributed by atoms with Gasteiger partial charge in [0.2, 0.25) is 5.95 Å². The van der Waals surface area contributed by atoms with E-state index in [2.05, 4.69) is 15.5 Å². The standard InChI is InChI=1S/C21H15ClN4O/c22-16-12-10-15(11-13-16)14-23-25-21-24-19-9-5-4-8-18(19)20(27)26(21)17-6-2-1-3-7-17/h1-14H,(H,24,25)/b23-14+. The minimum atomic E-state index is -0.156. The average molecular weight is 375 g/mol. The first kappa shape index (κ1) is 17.0. The van der Waals surface area contributed by atoms with E-state index in [4.69, 9.17) is 11.6 Å². The first-order valence-electron chi connectivity index (χ1n) is 8.34. The van der Waals surface area contributed by atoms with Gasteiger partial charge in [0.1, 0.15) is 0 Å². The van der Waals surface area contributed by atoms with Crippen LogP contribution in [0.4, 0.5) is 5.95 Å². The van der Waals surface area contributed by atoms with E-state index in [9.17, 15) is 4.79 Å². The molecule has 3 aromatic carbocycles. The van der Waals surface area contributed by atoms with Crippen LogP contribution in [0.25, 0.3) is 16.6 Å². The molecule has 1 N–H and O–H groups in total. The highest BCUT2D eigenvalue weighted by Crippen LogP contribution is 2.16. The Morgan fingerprint density at radius 2 is 1.63 bits per heavy atom. The van der Waals surface area contributed by atoms with Gasteiger partial charge in [-0.3, -0.25) is 4.79 Å². The second kappa shape index (κ2) is 7.43. The fourth-order valence-electron chi connectivity index (χ4n) is 2.74. The van der Waals surface area contributed by atoms with Gasteiger partial charge in [-0.25, -0.2) is 15.0 Å². The maximum absolute atomic E-state index is 13.0. The molecule has 132 valence electrons. The van der Waals surface area contributed by atoms with Crippen molar-refractivity contribution in [1.82, 2.24) is 9.55 Å². The minimum Gasteiger partial charge on any atom is -0.268 e. The lowest BCUT2D eigenvalue weighted by atomic mass is 10.2. The summed E-state index contributed by atoms with van der Waals surface area (Å²) in [4.78, 5) is 17.6. The highest BCUT2D eigenvalue weighted by atomic mass is 35.5. The van der Waals surface area contributed by atoms with Gasteiger partial charge in [-0.15, -0.1) is 0 Å².